The first kappa shape index (κ1) is 13.9. The van der Waals surface area contributed by atoms with E-state index in [0.717, 1.165) is 24.3 Å². The molecule has 2 rings (SSSR count). The molecular weight excluding hydrogens is 224 g/mol. The van der Waals surface area contributed by atoms with Crippen LogP contribution < -0.4 is 5.73 Å². The third-order valence-corrected chi connectivity index (χ3v) is 5.09. The summed E-state index contributed by atoms with van der Waals surface area (Å²) in [5, 5.41) is 0. The number of carbonyl (C=O) groups excluding carboxylic acids is 1. The lowest BCUT2D eigenvalue weighted by Crippen LogP contribution is -2.38. The van der Waals surface area contributed by atoms with Gasteiger partial charge in [0.2, 0.25) is 5.91 Å². The zero-order chi connectivity index (χ0) is 13.3. The summed E-state index contributed by atoms with van der Waals surface area (Å²) in [4.78, 5) is 14.0. The van der Waals surface area contributed by atoms with Crippen LogP contribution in [0.15, 0.2) is 0 Å². The average Bonchev–Trinajstić information content (AvgIpc) is 2.90. The van der Waals surface area contributed by atoms with Crippen molar-refractivity contribution in [3.8, 4) is 0 Å². The fourth-order valence-electron chi connectivity index (χ4n) is 3.65. The van der Waals surface area contributed by atoms with Gasteiger partial charge in [0.15, 0.2) is 0 Å². The van der Waals surface area contributed by atoms with Crippen molar-refractivity contribution >= 4 is 5.91 Å². The van der Waals surface area contributed by atoms with Gasteiger partial charge in [-0.2, -0.15) is 0 Å². The Morgan fingerprint density at radius 3 is 2.56 bits per heavy atom. The van der Waals surface area contributed by atoms with E-state index in [1.54, 1.807) is 0 Å². The maximum atomic E-state index is 12.1. The summed E-state index contributed by atoms with van der Waals surface area (Å²) < 4.78 is 0. The molecule has 18 heavy (non-hydrogen) atoms. The van der Waals surface area contributed by atoms with Gasteiger partial charge in [-0.25, -0.2) is 0 Å². The Morgan fingerprint density at radius 2 is 2.06 bits per heavy atom. The first-order chi connectivity index (χ1) is 8.47. The van der Waals surface area contributed by atoms with Gasteiger partial charge in [0, 0.05) is 26.1 Å². The number of nitrogens with zero attached hydrogens (tertiary/aromatic N) is 1. The van der Waals surface area contributed by atoms with Crippen molar-refractivity contribution in [3.63, 3.8) is 0 Å². The van der Waals surface area contributed by atoms with Crippen molar-refractivity contribution in [2.45, 2.75) is 52.0 Å². The summed E-state index contributed by atoms with van der Waals surface area (Å²) in [7, 11) is 1.95. The minimum absolute atomic E-state index is 0.0000192. The van der Waals surface area contributed by atoms with Crippen LogP contribution in [0.4, 0.5) is 0 Å². The highest BCUT2D eigenvalue weighted by Gasteiger charge is 2.40. The van der Waals surface area contributed by atoms with Crippen LogP contribution in [0.25, 0.3) is 0 Å². The monoisotopic (exact) mass is 252 g/mol. The van der Waals surface area contributed by atoms with Crippen molar-refractivity contribution in [1.29, 1.82) is 0 Å². The van der Waals surface area contributed by atoms with E-state index in [1.807, 2.05) is 11.9 Å². The topological polar surface area (TPSA) is 46.3 Å². The van der Waals surface area contributed by atoms with Crippen LogP contribution in [0.3, 0.4) is 0 Å². The van der Waals surface area contributed by atoms with E-state index >= 15 is 0 Å². The Kier molecular flexibility index (Phi) is 4.31. The van der Waals surface area contributed by atoms with Gasteiger partial charge in [-0.15, -0.1) is 0 Å². The molecule has 2 fully saturated rings. The van der Waals surface area contributed by atoms with Crippen LogP contribution in [-0.4, -0.2) is 30.4 Å². The zero-order valence-electron chi connectivity index (χ0n) is 12.1. The summed E-state index contributed by atoms with van der Waals surface area (Å²) in [6.45, 7) is 5.10. The van der Waals surface area contributed by atoms with Crippen LogP contribution in [0.1, 0.15) is 46.0 Å². The summed E-state index contributed by atoms with van der Waals surface area (Å²) in [6.07, 6.45) is 6.08. The molecule has 3 heteroatoms. The molecule has 4 atom stereocenters. The smallest absolute Gasteiger partial charge is 0.223 e. The summed E-state index contributed by atoms with van der Waals surface area (Å²) in [5.74, 6) is 3.21. The Hall–Kier alpha value is -0.570. The standard InChI is InChI=1S/C15H28N2O/c1-10(2)14(16)8-15(18)17(3)9-13-7-11-4-5-12(13)6-11/h10-14H,4-9,16H2,1-3H3. The molecule has 4 unspecified atom stereocenters. The number of amides is 1. The molecule has 104 valence electrons. The van der Waals surface area contributed by atoms with E-state index < -0.39 is 0 Å². The lowest BCUT2D eigenvalue weighted by molar-refractivity contribution is -0.131. The lowest BCUT2D eigenvalue weighted by atomic mass is 9.88. The maximum absolute atomic E-state index is 12.1. The summed E-state index contributed by atoms with van der Waals surface area (Å²) >= 11 is 0. The van der Waals surface area contributed by atoms with Gasteiger partial charge >= 0.3 is 0 Å². The molecule has 0 spiro atoms. The van der Waals surface area contributed by atoms with Crippen LogP contribution >= 0.6 is 0 Å². The van der Waals surface area contributed by atoms with Crippen LogP contribution in [-0.2, 0) is 4.79 Å². The molecule has 0 heterocycles. The van der Waals surface area contributed by atoms with E-state index in [2.05, 4.69) is 13.8 Å². The minimum Gasteiger partial charge on any atom is -0.345 e. The predicted octanol–water partition coefficient (Wildman–Crippen LogP) is 2.25. The van der Waals surface area contributed by atoms with Gasteiger partial charge in [-0.3, -0.25) is 4.79 Å². The molecule has 2 aliphatic carbocycles. The summed E-state index contributed by atoms with van der Waals surface area (Å²) in [6, 6.07) is -0.0000192. The largest absolute Gasteiger partial charge is 0.345 e. The first-order valence-corrected chi connectivity index (χ1v) is 7.47. The number of nitrogens with two attached hydrogens (primary N) is 1. The molecule has 0 aromatic rings. The van der Waals surface area contributed by atoms with Crippen molar-refractivity contribution in [2.75, 3.05) is 13.6 Å². The Bertz CT molecular complexity index is 303. The van der Waals surface area contributed by atoms with Crippen molar-refractivity contribution in [2.24, 2.45) is 29.4 Å². The Balaban J connectivity index is 1.77. The fraction of sp³-hybridized carbons (Fsp3) is 0.933. The highest BCUT2D eigenvalue weighted by atomic mass is 16.2. The first-order valence-electron chi connectivity index (χ1n) is 7.47. The molecule has 0 radical (unpaired) electrons. The van der Waals surface area contributed by atoms with Gasteiger partial charge in [0.05, 0.1) is 0 Å². The molecule has 0 aromatic heterocycles. The average molecular weight is 252 g/mol. The second-order valence-corrected chi connectivity index (χ2v) is 6.82. The van der Waals surface area contributed by atoms with Gasteiger partial charge in [-0.1, -0.05) is 20.3 Å². The van der Waals surface area contributed by atoms with Gasteiger partial charge in [0.25, 0.3) is 0 Å². The molecule has 1 amide bonds. The van der Waals surface area contributed by atoms with Crippen molar-refractivity contribution < 1.29 is 4.79 Å². The number of carbonyl (C=O) groups is 1. The highest BCUT2D eigenvalue weighted by molar-refractivity contribution is 5.76. The quantitative estimate of drug-likeness (QED) is 0.816. The Morgan fingerprint density at radius 1 is 1.33 bits per heavy atom. The SMILES string of the molecule is CC(C)C(N)CC(=O)N(C)CC1CC2CCC1C2. The molecule has 2 saturated carbocycles. The van der Waals surface area contributed by atoms with Gasteiger partial charge < -0.3 is 10.6 Å². The second kappa shape index (κ2) is 5.60. The molecule has 0 saturated heterocycles. The third-order valence-electron chi connectivity index (χ3n) is 5.09. The zero-order valence-corrected chi connectivity index (χ0v) is 12.1. The van der Waals surface area contributed by atoms with E-state index in [4.69, 9.17) is 5.73 Å². The highest BCUT2D eigenvalue weighted by Crippen LogP contribution is 2.48. The van der Waals surface area contributed by atoms with E-state index in [0.29, 0.717) is 12.3 Å². The molecular formula is C15H28N2O. The molecule has 0 aromatic carbocycles. The molecule has 2 bridgehead atoms. The molecule has 2 N–H and O–H groups in total. The van der Waals surface area contributed by atoms with Crippen molar-refractivity contribution in [3.05, 3.63) is 0 Å². The van der Waals surface area contributed by atoms with E-state index in [9.17, 15) is 4.79 Å². The predicted molar refractivity (Wildman–Crippen MR) is 74.0 cm³/mol. The van der Waals surface area contributed by atoms with E-state index in [1.165, 1.54) is 25.7 Å². The van der Waals surface area contributed by atoms with E-state index in [-0.39, 0.29) is 11.9 Å². The molecule has 0 aliphatic heterocycles. The second-order valence-electron chi connectivity index (χ2n) is 6.82. The normalized spacial score (nSPS) is 31.9. The fourth-order valence-corrected chi connectivity index (χ4v) is 3.65. The Labute approximate surface area is 111 Å². The lowest BCUT2D eigenvalue weighted by Gasteiger charge is -2.28. The molecule has 2 aliphatic rings. The van der Waals surface area contributed by atoms with Crippen LogP contribution in [0.5, 0.6) is 0 Å². The minimum atomic E-state index is -0.0000192. The van der Waals surface area contributed by atoms with Crippen LogP contribution in [0.2, 0.25) is 0 Å². The van der Waals surface area contributed by atoms with Crippen LogP contribution in [0, 0.1) is 23.7 Å². The van der Waals surface area contributed by atoms with Gasteiger partial charge in [0.1, 0.15) is 0 Å². The number of hydrogen-bond acceptors (Lipinski definition) is 2. The number of rotatable bonds is 5. The van der Waals surface area contributed by atoms with Gasteiger partial charge in [-0.05, 0) is 42.9 Å². The summed E-state index contributed by atoms with van der Waals surface area (Å²) in [5.41, 5.74) is 5.98. The number of hydrogen-bond donors (Lipinski definition) is 1. The van der Waals surface area contributed by atoms with Crippen molar-refractivity contribution in [1.82, 2.24) is 4.90 Å². The maximum Gasteiger partial charge on any atom is 0.223 e. The number of fused-ring (bicyclic) bond motifs is 2. The molecule has 3 nitrogen and oxygen atoms in total. The third kappa shape index (κ3) is 3.05.